The van der Waals surface area contributed by atoms with Gasteiger partial charge in [0.15, 0.2) is 5.76 Å². The number of hydrogen-bond acceptors (Lipinski definition) is 7. The Balaban J connectivity index is 1.85. The third-order valence-electron chi connectivity index (χ3n) is 4.22. The van der Waals surface area contributed by atoms with Crippen LogP contribution in [0.1, 0.15) is 26.5 Å². The van der Waals surface area contributed by atoms with Gasteiger partial charge in [0.1, 0.15) is 5.70 Å². The highest BCUT2D eigenvalue weighted by Crippen LogP contribution is 2.16. The van der Waals surface area contributed by atoms with Crippen molar-refractivity contribution < 1.29 is 28.5 Å². The van der Waals surface area contributed by atoms with E-state index >= 15 is 0 Å². The van der Waals surface area contributed by atoms with Gasteiger partial charge in [-0.1, -0.05) is 0 Å². The van der Waals surface area contributed by atoms with Crippen molar-refractivity contribution in [1.82, 2.24) is 5.32 Å². The van der Waals surface area contributed by atoms with Crippen molar-refractivity contribution in [3.05, 3.63) is 99.6 Å². The third kappa shape index (κ3) is 5.45. The molecule has 0 spiro atoms. The Morgan fingerprint density at radius 3 is 2.28 bits per heavy atom. The zero-order valence-electron chi connectivity index (χ0n) is 16.7. The second-order valence-corrected chi connectivity index (χ2v) is 6.36. The van der Waals surface area contributed by atoms with Crippen LogP contribution in [-0.2, 0) is 9.53 Å². The fraction of sp³-hybridized carbons (Fsp3) is 0.0455. The third-order valence-corrected chi connectivity index (χ3v) is 4.22. The van der Waals surface area contributed by atoms with Gasteiger partial charge < -0.3 is 19.8 Å². The number of anilines is 1. The quantitative estimate of drug-likeness (QED) is 0.251. The molecule has 2 amide bonds. The topological polar surface area (TPSA) is 141 Å². The second kappa shape index (κ2) is 9.85. The molecule has 10 nitrogen and oxygen atoms in total. The van der Waals surface area contributed by atoms with Gasteiger partial charge in [0.05, 0.1) is 23.9 Å². The van der Waals surface area contributed by atoms with Gasteiger partial charge in [0.25, 0.3) is 17.5 Å². The highest BCUT2D eigenvalue weighted by atomic mass is 16.6. The van der Waals surface area contributed by atoms with Crippen molar-refractivity contribution in [2.24, 2.45) is 0 Å². The van der Waals surface area contributed by atoms with Gasteiger partial charge in [-0.2, -0.15) is 0 Å². The number of non-ortho nitro benzene ring substituents is 1. The van der Waals surface area contributed by atoms with E-state index in [1.54, 1.807) is 0 Å². The van der Waals surface area contributed by atoms with Crippen molar-refractivity contribution in [1.29, 1.82) is 0 Å². The molecule has 0 radical (unpaired) electrons. The summed E-state index contributed by atoms with van der Waals surface area (Å²) in [5.74, 6) is -1.84. The number of nitrogens with one attached hydrogen (secondary N) is 2. The molecule has 0 aliphatic heterocycles. The summed E-state index contributed by atoms with van der Waals surface area (Å²) >= 11 is 0. The summed E-state index contributed by atoms with van der Waals surface area (Å²) in [5, 5.41) is 15.9. The molecule has 32 heavy (non-hydrogen) atoms. The number of esters is 1. The van der Waals surface area contributed by atoms with E-state index in [1.807, 2.05) is 0 Å². The highest BCUT2D eigenvalue weighted by Gasteiger charge is 2.17. The molecular weight excluding hydrogens is 418 g/mol. The van der Waals surface area contributed by atoms with Crippen molar-refractivity contribution >= 4 is 35.2 Å². The second-order valence-electron chi connectivity index (χ2n) is 6.36. The molecule has 1 aromatic heterocycles. The summed E-state index contributed by atoms with van der Waals surface area (Å²) in [6.45, 7) is 0. The Labute approximate surface area is 181 Å². The lowest BCUT2D eigenvalue weighted by atomic mass is 10.1. The lowest BCUT2D eigenvalue weighted by Gasteiger charge is -2.11. The normalized spacial score (nSPS) is 10.8. The van der Waals surface area contributed by atoms with E-state index in [0.717, 1.165) is 0 Å². The number of nitrogens with zero attached hydrogens (tertiary/aromatic N) is 1. The van der Waals surface area contributed by atoms with Crippen molar-refractivity contribution in [2.45, 2.75) is 0 Å². The highest BCUT2D eigenvalue weighted by molar-refractivity contribution is 6.10. The maximum atomic E-state index is 12.8. The molecule has 0 saturated carbocycles. The van der Waals surface area contributed by atoms with Crippen molar-refractivity contribution in [2.75, 3.05) is 12.4 Å². The summed E-state index contributed by atoms with van der Waals surface area (Å²) in [6, 6.07) is 14.3. The van der Waals surface area contributed by atoms with Gasteiger partial charge in [-0.3, -0.25) is 19.7 Å². The van der Waals surface area contributed by atoms with Crippen LogP contribution in [0, 0.1) is 10.1 Å². The number of carbonyl (C=O) groups is 3. The minimum absolute atomic E-state index is 0.00479. The first-order valence-electron chi connectivity index (χ1n) is 9.18. The fourth-order valence-corrected chi connectivity index (χ4v) is 2.61. The molecule has 10 heteroatoms. The predicted molar refractivity (Wildman–Crippen MR) is 114 cm³/mol. The van der Waals surface area contributed by atoms with Gasteiger partial charge in [-0.15, -0.1) is 0 Å². The van der Waals surface area contributed by atoms with E-state index in [0.29, 0.717) is 16.8 Å². The molecule has 0 fully saturated rings. The van der Waals surface area contributed by atoms with Crippen LogP contribution in [0.15, 0.2) is 77.0 Å². The van der Waals surface area contributed by atoms with E-state index in [-0.39, 0.29) is 17.1 Å². The van der Waals surface area contributed by atoms with Gasteiger partial charge in [0.2, 0.25) is 0 Å². The number of carbonyl (C=O) groups excluding carboxylic acids is 3. The van der Waals surface area contributed by atoms with Crippen LogP contribution in [0.4, 0.5) is 11.4 Å². The molecule has 0 unspecified atom stereocenters. The molecule has 0 atom stereocenters. The maximum Gasteiger partial charge on any atom is 0.337 e. The Kier molecular flexibility index (Phi) is 6.76. The summed E-state index contributed by atoms with van der Waals surface area (Å²) in [5.41, 5.74) is 0.875. The van der Waals surface area contributed by atoms with Crippen molar-refractivity contribution in [3.63, 3.8) is 0 Å². The van der Waals surface area contributed by atoms with Crippen LogP contribution in [0.3, 0.4) is 0 Å². The van der Waals surface area contributed by atoms with E-state index in [2.05, 4.69) is 15.4 Å². The average Bonchev–Trinajstić information content (AvgIpc) is 3.34. The minimum atomic E-state index is -0.658. The number of furan rings is 1. The lowest BCUT2D eigenvalue weighted by molar-refractivity contribution is -0.384. The van der Waals surface area contributed by atoms with E-state index in [1.165, 1.54) is 80.1 Å². The maximum absolute atomic E-state index is 12.8. The Hall–Kier alpha value is -4.73. The van der Waals surface area contributed by atoms with Gasteiger partial charge in [-0.25, -0.2) is 4.79 Å². The molecule has 3 rings (SSSR count). The molecular formula is C22H17N3O7. The van der Waals surface area contributed by atoms with Crippen molar-refractivity contribution in [3.8, 4) is 0 Å². The Morgan fingerprint density at radius 2 is 1.72 bits per heavy atom. The molecule has 3 aromatic rings. The zero-order chi connectivity index (χ0) is 23.1. The molecule has 162 valence electrons. The fourth-order valence-electron chi connectivity index (χ4n) is 2.61. The number of amides is 2. The molecule has 0 aliphatic carbocycles. The monoisotopic (exact) mass is 435 g/mol. The Bertz CT molecular complexity index is 1170. The SMILES string of the molecule is COC(=O)c1ccc(NC(=O)C(=Cc2ccc([N+](=O)[O-])cc2)NC(=O)c2ccco2)cc1. The van der Waals surface area contributed by atoms with Crippen LogP contribution < -0.4 is 10.6 Å². The molecule has 1 heterocycles. The molecule has 2 N–H and O–H groups in total. The number of ether oxygens (including phenoxy) is 1. The van der Waals surface area contributed by atoms with Gasteiger partial charge >= 0.3 is 5.97 Å². The number of nitro benzene ring substituents is 1. The molecule has 0 saturated heterocycles. The summed E-state index contributed by atoms with van der Waals surface area (Å²) in [4.78, 5) is 47.1. The van der Waals surface area contributed by atoms with Crippen LogP contribution >= 0.6 is 0 Å². The van der Waals surface area contributed by atoms with Gasteiger partial charge in [0, 0.05) is 17.8 Å². The Morgan fingerprint density at radius 1 is 1.03 bits per heavy atom. The average molecular weight is 435 g/mol. The number of benzene rings is 2. The van der Waals surface area contributed by atoms with E-state index < -0.39 is 22.7 Å². The van der Waals surface area contributed by atoms with E-state index in [9.17, 15) is 24.5 Å². The summed E-state index contributed by atoms with van der Waals surface area (Å²) in [6.07, 6.45) is 2.68. The largest absolute Gasteiger partial charge is 0.465 e. The molecule has 0 bridgehead atoms. The van der Waals surface area contributed by atoms with E-state index in [4.69, 9.17) is 4.42 Å². The number of methoxy groups -OCH3 is 1. The van der Waals surface area contributed by atoms with Gasteiger partial charge in [-0.05, 0) is 60.2 Å². The first kappa shape index (κ1) is 22.0. The predicted octanol–water partition coefficient (Wildman–Crippen LogP) is 3.38. The molecule has 2 aromatic carbocycles. The van der Waals surface area contributed by atoms with Crippen LogP contribution in [0.2, 0.25) is 0 Å². The number of nitro groups is 1. The summed E-state index contributed by atoms with van der Waals surface area (Å²) in [7, 11) is 1.26. The van der Waals surface area contributed by atoms with Crippen LogP contribution in [0.25, 0.3) is 6.08 Å². The zero-order valence-corrected chi connectivity index (χ0v) is 16.7. The minimum Gasteiger partial charge on any atom is -0.465 e. The first-order valence-corrected chi connectivity index (χ1v) is 9.18. The number of hydrogen-bond donors (Lipinski definition) is 2. The van der Waals surface area contributed by atoms with Crippen LogP contribution in [0.5, 0.6) is 0 Å². The van der Waals surface area contributed by atoms with Crippen LogP contribution in [-0.4, -0.2) is 29.8 Å². The molecule has 0 aliphatic rings. The standard InChI is InChI=1S/C22H17N3O7/c1-31-22(28)15-6-8-16(9-7-15)23-20(26)18(24-21(27)19-3-2-12-32-19)13-14-4-10-17(11-5-14)25(29)30/h2-13H,1H3,(H,23,26)(H,24,27). The summed E-state index contributed by atoms with van der Waals surface area (Å²) < 4.78 is 9.67. The number of rotatable bonds is 7. The first-order chi connectivity index (χ1) is 15.4. The lowest BCUT2D eigenvalue weighted by Crippen LogP contribution is -2.30. The smallest absolute Gasteiger partial charge is 0.337 e.